The summed E-state index contributed by atoms with van der Waals surface area (Å²) in [7, 11) is 6.22. The molecule has 4 nitrogen and oxygen atoms in total. The lowest BCUT2D eigenvalue weighted by atomic mass is 10.1. The van der Waals surface area contributed by atoms with Crippen LogP contribution in [-0.4, -0.2) is 38.2 Å². The van der Waals surface area contributed by atoms with Crippen LogP contribution < -0.4 is 5.73 Å². The molecule has 0 atom stereocenters. The second-order valence-corrected chi connectivity index (χ2v) is 6.05. The van der Waals surface area contributed by atoms with Crippen molar-refractivity contribution in [2.45, 2.75) is 13.5 Å². The highest BCUT2D eigenvalue weighted by Crippen LogP contribution is 2.27. The molecule has 2 N–H and O–H groups in total. The third-order valence-electron chi connectivity index (χ3n) is 2.37. The molecule has 0 spiro atoms. The average Bonchev–Trinajstić information content (AvgIpc) is 2.22. The molecule has 0 aromatic heterocycles. The van der Waals surface area contributed by atoms with Gasteiger partial charge < -0.3 is 15.0 Å². The highest BCUT2D eigenvalue weighted by Gasteiger charge is 2.17. The SMILES string of the molecule is CCOC(=O)c1cc(Br)c(N)c(C[N+](C)(C)C)c1. The van der Waals surface area contributed by atoms with Gasteiger partial charge >= 0.3 is 5.97 Å². The van der Waals surface area contributed by atoms with Gasteiger partial charge in [0.1, 0.15) is 6.54 Å². The molecule has 1 aromatic carbocycles. The Bertz CT molecular complexity index is 453. The third kappa shape index (κ3) is 3.99. The summed E-state index contributed by atoms with van der Waals surface area (Å²) in [4.78, 5) is 11.7. The van der Waals surface area contributed by atoms with Crippen LogP contribution in [0.15, 0.2) is 16.6 Å². The Morgan fingerprint density at radius 3 is 2.50 bits per heavy atom. The van der Waals surface area contributed by atoms with E-state index in [1.807, 2.05) is 6.07 Å². The first-order chi connectivity index (χ1) is 8.24. The van der Waals surface area contributed by atoms with Gasteiger partial charge in [0.05, 0.1) is 39.0 Å². The van der Waals surface area contributed by atoms with Crippen molar-refractivity contribution < 1.29 is 14.0 Å². The molecule has 1 aromatic rings. The Balaban J connectivity index is 3.14. The summed E-state index contributed by atoms with van der Waals surface area (Å²) in [6.45, 7) is 2.90. The van der Waals surface area contributed by atoms with Crippen LogP contribution in [0.2, 0.25) is 0 Å². The van der Waals surface area contributed by atoms with Gasteiger partial charge in [0.25, 0.3) is 0 Å². The number of nitrogens with zero attached hydrogens (tertiary/aromatic N) is 1. The summed E-state index contributed by atoms with van der Waals surface area (Å²) in [5.74, 6) is -0.319. The average molecular weight is 316 g/mol. The number of rotatable bonds is 4. The summed E-state index contributed by atoms with van der Waals surface area (Å²) in [5.41, 5.74) is 8.17. The topological polar surface area (TPSA) is 52.3 Å². The second kappa shape index (κ2) is 5.71. The number of benzene rings is 1. The van der Waals surface area contributed by atoms with Crippen LogP contribution in [-0.2, 0) is 11.3 Å². The second-order valence-electron chi connectivity index (χ2n) is 5.20. The van der Waals surface area contributed by atoms with E-state index in [2.05, 4.69) is 37.1 Å². The quantitative estimate of drug-likeness (QED) is 0.527. The molecule has 18 heavy (non-hydrogen) atoms. The van der Waals surface area contributed by atoms with E-state index in [1.165, 1.54) is 0 Å². The number of nitrogens with two attached hydrogens (primary N) is 1. The largest absolute Gasteiger partial charge is 0.462 e. The van der Waals surface area contributed by atoms with Gasteiger partial charge in [-0.1, -0.05) is 0 Å². The van der Waals surface area contributed by atoms with Gasteiger partial charge in [0.15, 0.2) is 0 Å². The van der Waals surface area contributed by atoms with E-state index in [1.54, 1.807) is 13.0 Å². The van der Waals surface area contributed by atoms with E-state index in [0.717, 1.165) is 21.1 Å². The Hall–Kier alpha value is -1.07. The molecule has 100 valence electrons. The molecule has 0 unspecified atom stereocenters. The van der Waals surface area contributed by atoms with Crippen molar-refractivity contribution in [3.63, 3.8) is 0 Å². The number of quaternary nitrogens is 1. The minimum atomic E-state index is -0.319. The van der Waals surface area contributed by atoms with Crippen molar-refractivity contribution in [3.8, 4) is 0 Å². The fourth-order valence-electron chi connectivity index (χ4n) is 1.65. The number of nitrogen functional groups attached to an aromatic ring is 1. The molecule has 0 fully saturated rings. The highest BCUT2D eigenvalue weighted by molar-refractivity contribution is 9.10. The first kappa shape index (κ1) is 15.0. The van der Waals surface area contributed by atoms with Crippen molar-refractivity contribution in [3.05, 3.63) is 27.7 Å². The summed E-state index contributed by atoms with van der Waals surface area (Å²) < 4.78 is 6.47. The molecule has 0 amide bonds. The number of carbonyl (C=O) groups is 1. The van der Waals surface area contributed by atoms with Gasteiger partial charge in [-0.15, -0.1) is 0 Å². The van der Waals surface area contributed by atoms with E-state index < -0.39 is 0 Å². The monoisotopic (exact) mass is 315 g/mol. The predicted molar refractivity (Wildman–Crippen MR) is 76.2 cm³/mol. The van der Waals surface area contributed by atoms with E-state index in [4.69, 9.17) is 10.5 Å². The molecule has 5 heteroatoms. The molecule has 0 heterocycles. The van der Waals surface area contributed by atoms with E-state index in [-0.39, 0.29) is 5.97 Å². The standard InChI is InChI=1S/C13H19BrN2O2/c1-5-18-13(17)9-6-10(8-16(2,3)4)12(15)11(14)7-9/h6-7H,5,8H2,1-4H3,(H-,15,17)/p+1. The lowest BCUT2D eigenvalue weighted by molar-refractivity contribution is -0.883. The normalized spacial score (nSPS) is 11.4. The molecule has 0 aliphatic heterocycles. The van der Waals surface area contributed by atoms with Crippen LogP contribution in [0.5, 0.6) is 0 Å². The van der Waals surface area contributed by atoms with E-state index in [9.17, 15) is 4.79 Å². The smallest absolute Gasteiger partial charge is 0.338 e. The Morgan fingerprint density at radius 1 is 1.39 bits per heavy atom. The zero-order valence-corrected chi connectivity index (χ0v) is 12.9. The molecular formula is C13H20BrN2O2+. The third-order valence-corrected chi connectivity index (χ3v) is 3.03. The summed E-state index contributed by atoms with van der Waals surface area (Å²) in [6, 6.07) is 3.51. The van der Waals surface area contributed by atoms with Crippen LogP contribution >= 0.6 is 15.9 Å². The molecule has 0 saturated carbocycles. The first-order valence-corrected chi connectivity index (χ1v) is 6.59. The van der Waals surface area contributed by atoms with Gasteiger partial charge in [0.2, 0.25) is 0 Å². The summed E-state index contributed by atoms with van der Waals surface area (Å²) >= 11 is 3.38. The molecule has 0 aliphatic rings. The number of esters is 1. The number of hydrogen-bond donors (Lipinski definition) is 1. The van der Waals surface area contributed by atoms with Crippen molar-refractivity contribution in [1.82, 2.24) is 0 Å². The minimum Gasteiger partial charge on any atom is -0.462 e. The van der Waals surface area contributed by atoms with Crippen molar-refractivity contribution in [2.24, 2.45) is 0 Å². The van der Waals surface area contributed by atoms with Crippen molar-refractivity contribution in [1.29, 1.82) is 0 Å². The van der Waals surface area contributed by atoms with Gasteiger partial charge in [-0.3, -0.25) is 0 Å². The van der Waals surface area contributed by atoms with Crippen molar-refractivity contribution in [2.75, 3.05) is 33.5 Å². The molecular weight excluding hydrogens is 296 g/mol. The van der Waals surface area contributed by atoms with Crippen molar-refractivity contribution >= 4 is 27.6 Å². The van der Waals surface area contributed by atoms with Crippen LogP contribution in [0.3, 0.4) is 0 Å². The van der Waals surface area contributed by atoms with E-state index in [0.29, 0.717) is 17.9 Å². The van der Waals surface area contributed by atoms with Gasteiger partial charge in [-0.25, -0.2) is 4.79 Å². The fraction of sp³-hybridized carbons (Fsp3) is 0.462. The molecule has 0 radical (unpaired) electrons. The summed E-state index contributed by atoms with van der Waals surface area (Å²) in [5, 5.41) is 0. The van der Waals surface area contributed by atoms with Crippen LogP contribution in [0.4, 0.5) is 5.69 Å². The highest BCUT2D eigenvalue weighted by atomic mass is 79.9. The molecule has 1 rings (SSSR count). The lowest BCUT2D eigenvalue weighted by Gasteiger charge is -2.25. The Labute approximate surface area is 116 Å². The zero-order chi connectivity index (χ0) is 13.9. The number of carbonyl (C=O) groups excluding carboxylic acids is 1. The lowest BCUT2D eigenvalue weighted by Crippen LogP contribution is -2.33. The molecule has 0 bridgehead atoms. The fourth-order valence-corrected chi connectivity index (χ4v) is 2.15. The number of hydrogen-bond acceptors (Lipinski definition) is 3. The number of ether oxygens (including phenoxy) is 1. The van der Waals surface area contributed by atoms with Crippen LogP contribution in [0, 0.1) is 0 Å². The van der Waals surface area contributed by atoms with Gasteiger partial charge in [-0.05, 0) is 35.0 Å². The number of anilines is 1. The van der Waals surface area contributed by atoms with Crippen LogP contribution in [0.25, 0.3) is 0 Å². The first-order valence-electron chi connectivity index (χ1n) is 5.80. The van der Waals surface area contributed by atoms with Gasteiger partial charge in [0, 0.05) is 10.0 Å². The maximum Gasteiger partial charge on any atom is 0.338 e. The molecule has 0 aliphatic carbocycles. The Kier molecular flexibility index (Phi) is 4.76. The maximum absolute atomic E-state index is 11.7. The Morgan fingerprint density at radius 2 is 2.00 bits per heavy atom. The van der Waals surface area contributed by atoms with Gasteiger partial charge in [-0.2, -0.15) is 0 Å². The van der Waals surface area contributed by atoms with Crippen LogP contribution in [0.1, 0.15) is 22.8 Å². The molecule has 0 saturated heterocycles. The maximum atomic E-state index is 11.7. The minimum absolute atomic E-state index is 0.319. The summed E-state index contributed by atoms with van der Waals surface area (Å²) in [6.07, 6.45) is 0. The number of halogens is 1. The zero-order valence-electron chi connectivity index (χ0n) is 11.3. The van der Waals surface area contributed by atoms with E-state index >= 15 is 0 Å². The predicted octanol–water partition coefficient (Wildman–Crippen LogP) is 2.41.